The average Bonchev–Trinajstić information content (AvgIpc) is 2.80. The molecule has 0 aliphatic carbocycles. The van der Waals surface area contributed by atoms with E-state index < -0.39 is 0 Å². The fourth-order valence-corrected chi connectivity index (χ4v) is 2.33. The first-order valence-electron chi connectivity index (χ1n) is 6.50. The van der Waals surface area contributed by atoms with Crippen molar-refractivity contribution in [1.82, 2.24) is 15.1 Å². The predicted molar refractivity (Wildman–Crippen MR) is 78.4 cm³/mol. The van der Waals surface area contributed by atoms with E-state index in [0.717, 1.165) is 28.3 Å². The number of nitrogens with one attached hydrogen (secondary N) is 1. The van der Waals surface area contributed by atoms with Gasteiger partial charge in [-0.05, 0) is 31.7 Å². The lowest BCUT2D eigenvalue weighted by Gasteiger charge is -2.18. The lowest BCUT2D eigenvalue weighted by molar-refractivity contribution is 0.354. The molecule has 0 saturated carbocycles. The van der Waals surface area contributed by atoms with Gasteiger partial charge in [-0.15, -0.1) is 0 Å². The molecule has 1 aromatic carbocycles. The van der Waals surface area contributed by atoms with Gasteiger partial charge in [0.25, 0.3) is 0 Å². The number of hydrogen-bond donors (Lipinski definition) is 1. The molecule has 20 heavy (non-hydrogen) atoms. The molecule has 1 unspecified atom stereocenters. The van der Waals surface area contributed by atoms with Gasteiger partial charge in [0.2, 0.25) is 0 Å². The molecule has 1 atom stereocenters. The fraction of sp³-hybridized carbons (Fsp3) is 0.400. The summed E-state index contributed by atoms with van der Waals surface area (Å²) in [6.45, 7) is 2.06. The number of benzene rings is 1. The summed E-state index contributed by atoms with van der Waals surface area (Å²) in [7, 11) is 7.16. The zero-order chi connectivity index (χ0) is 14.7. The molecule has 0 fully saturated rings. The summed E-state index contributed by atoms with van der Waals surface area (Å²) in [6, 6.07) is 6.02. The molecule has 108 valence electrons. The quantitative estimate of drug-likeness (QED) is 0.907. The van der Waals surface area contributed by atoms with Gasteiger partial charge < -0.3 is 14.8 Å². The van der Waals surface area contributed by atoms with Crippen LogP contribution in [0, 0.1) is 6.92 Å². The Morgan fingerprint density at radius 1 is 1.20 bits per heavy atom. The highest BCUT2D eigenvalue weighted by Crippen LogP contribution is 2.32. The van der Waals surface area contributed by atoms with Crippen LogP contribution in [-0.2, 0) is 7.05 Å². The van der Waals surface area contributed by atoms with Crippen molar-refractivity contribution in [3.8, 4) is 11.5 Å². The Morgan fingerprint density at radius 3 is 2.40 bits per heavy atom. The molecule has 0 aliphatic rings. The average molecular weight is 275 g/mol. The topological polar surface area (TPSA) is 48.3 Å². The second-order valence-electron chi connectivity index (χ2n) is 4.65. The SMILES string of the molecule is CNC(c1ccc(OC)c(OC)c1)c1cnn(C)c1C. The molecular weight excluding hydrogens is 254 g/mol. The fourth-order valence-electron chi connectivity index (χ4n) is 2.33. The van der Waals surface area contributed by atoms with Crippen molar-refractivity contribution >= 4 is 0 Å². The minimum absolute atomic E-state index is 0.0727. The molecule has 2 aromatic rings. The Bertz CT molecular complexity index is 593. The van der Waals surface area contributed by atoms with E-state index in [9.17, 15) is 0 Å². The Balaban J connectivity index is 2.44. The van der Waals surface area contributed by atoms with E-state index in [-0.39, 0.29) is 6.04 Å². The molecule has 0 radical (unpaired) electrons. The minimum Gasteiger partial charge on any atom is -0.493 e. The molecule has 0 saturated heterocycles. The molecule has 0 amide bonds. The standard InChI is InChI=1S/C15H21N3O2/c1-10-12(9-17-18(10)3)15(16-2)11-6-7-13(19-4)14(8-11)20-5/h6-9,15-16H,1-5H3. The van der Waals surface area contributed by atoms with Crippen molar-refractivity contribution in [3.63, 3.8) is 0 Å². The maximum atomic E-state index is 5.37. The van der Waals surface area contributed by atoms with E-state index in [2.05, 4.69) is 17.3 Å². The summed E-state index contributed by atoms with van der Waals surface area (Å²) >= 11 is 0. The molecule has 1 aromatic heterocycles. The number of nitrogens with zero attached hydrogens (tertiary/aromatic N) is 2. The maximum absolute atomic E-state index is 5.37. The second-order valence-corrected chi connectivity index (χ2v) is 4.65. The largest absolute Gasteiger partial charge is 0.493 e. The Morgan fingerprint density at radius 2 is 1.90 bits per heavy atom. The van der Waals surface area contributed by atoms with Crippen LogP contribution in [0.3, 0.4) is 0 Å². The lowest BCUT2D eigenvalue weighted by Crippen LogP contribution is -2.18. The zero-order valence-corrected chi connectivity index (χ0v) is 12.6. The van der Waals surface area contributed by atoms with E-state index in [1.54, 1.807) is 14.2 Å². The van der Waals surface area contributed by atoms with E-state index >= 15 is 0 Å². The molecule has 0 aliphatic heterocycles. The summed E-state index contributed by atoms with van der Waals surface area (Å²) in [5, 5.41) is 7.64. The van der Waals surface area contributed by atoms with Crippen LogP contribution in [0.15, 0.2) is 24.4 Å². The Kier molecular flexibility index (Phi) is 4.29. The van der Waals surface area contributed by atoms with E-state index in [1.807, 2.05) is 43.2 Å². The van der Waals surface area contributed by atoms with E-state index in [4.69, 9.17) is 9.47 Å². The minimum atomic E-state index is 0.0727. The summed E-state index contributed by atoms with van der Waals surface area (Å²) in [5.74, 6) is 1.46. The van der Waals surface area contributed by atoms with Gasteiger partial charge in [-0.2, -0.15) is 5.10 Å². The van der Waals surface area contributed by atoms with Crippen LogP contribution in [-0.4, -0.2) is 31.0 Å². The van der Waals surface area contributed by atoms with Gasteiger partial charge in [0.05, 0.1) is 26.5 Å². The van der Waals surface area contributed by atoms with Crippen LogP contribution >= 0.6 is 0 Å². The van der Waals surface area contributed by atoms with Crippen molar-refractivity contribution in [2.75, 3.05) is 21.3 Å². The van der Waals surface area contributed by atoms with Gasteiger partial charge in [0.15, 0.2) is 11.5 Å². The molecule has 5 nitrogen and oxygen atoms in total. The number of hydrogen-bond acceptors (Lipinski definition) is 4. The molecule has 1 heterocycles. The van der Waals surface area contributed by atoms with Crippen LogP contribution in [0.2, 0.25) is 0 Å². The van der Waals surface area contributed by atoms with Crippen molar-refractivity contribution < 1.29 is 9.47 Å². The smallest absolute Gasteiger partial charge is 0.161 e. The van der Waals surface area contributed by atoms with Crippen molar-refractivity contribution in [2.24, 2.45) is 7.05 Å². The lowest BCUT2D eigenvalue weighted by atomic mass is 9.99. The first kappa shape index (κ1) is 14.4. The number of ether oxygens (including phenoxy) is 2. The van der Waals surface area contributed by atoms with Gasteiger partial charge in [-0.25, -0.2) is 0 Å². The van der Waals surface area contributed by atoms with E-state index in [0.29, 0.717) is 0 Å². The highest BCUT2D eigenvalue weighted by Gasteiger charge is 2.18. The zero-order valence-electron chi connectivity index (χ0n) is 12.6. The third-order valence-corrected chi connectivity index (χ3v) is 3.61. The number of rotatable bonds is 5. The first-order chi connectivity index (χ1) is 9.62. The third-order valence-electron chi connectivity index (χ3n) is 3.61. The van der Waals surface area contributed by atoms with Crippen LogP contribution in [0.4, 0.5) is 0 Å². The highest BCUT2D eigenvalue weighted by molar-refractivity contribution is 5.46. The van der Waals surface area contributed by atoms with Gasteiger partial charge in [0.1, 0.15) is 0 Å². The summed E-state index contributed by atoms with van der Waals surface area (Å²) in [4.78, 5) is 0. The summed E-state index contributed by atoms with van der Waals surface area (Å²) in [5.41, 5.74) is 3.41. The Hall–Kier alpha value is -2.01. The predicted octanol–water partition coefficient (Wildman–Crippen LogP) is 2.05. The second kappa shape index (κ2) is 5.96. The van der Waals surface area contributed by atoms with Gasteiger partial charge >= 0.3 is 0 Å². The van der Waals surface area contributed by atoms with Crippen LogP contribution < -0.4 is 14.8 Å². The molecular formula is C15H21N3O2. The van der Waals surface area contributed by atoms with Crippen molar-refractivity contribution in [2.45, 2.75) is 13.0 Å². The van der Waals surface area contributed by atoms with Gasteiger partial charge in [0, 0.05) is 18.3 Å². The monoisotopic (exact) mass is 275 g/mol. The summed E-state index contributed by atoms with van der Waals surface area (Å²) < 4.78 is 12.5. The van der Waals surface area contributed by atoms with Crippen LogP contribution in [0.25, 0.3) is 0 Å². The van der Waals surface area contributed by atoms with Crippen LogP contribution in [0.5, 0.6) is 11.5 Å². The molecule has 0 bridgehead atoms. The first-order valence-corrected chi connectivity index (χ1v) is 6.50. The number of aromatic nitrogens is 2. The van der Waals surface area contributed by atoms with Crippen molar-refractivity contribution in [3.05, 3.63) is 41.2 Å². The normalized spacial score (nSPS) is 12.2. The molecule has 2 rings (SSSR count). The van der Waals surface area contributed by atoms with Gasteiger partial charge in [-0.3, -0.25) is 4.68 Å². The van der Waals surface area contributed by atoms with Gasteiger partial charge in [-0.1, -0.05) is 6.07 Å². The molecule has 1 N–H and O–H groups in total. The van der Waals surface area contributed by atoms with E-state index in [1.165, 1.54) is 0 Å². The summed E-state index contributed by atoms with van der Waals surface area (Å²) in [6.07, 6.45) is 1.90. The van der Waals surface area contributed by atoms with Crippen LogP contribution in [0.1, 0.15) is 22.9 Å². The van der Waals surface area contributed by atoms with Crippen molar-refractivity contribution in [1.29, 1.82) is 0 Å². The maximum Gasteiger partial charge on any atom is 0.161 e. The number of methoxy groups -OCH3 is 2. The number of aryl methyl sites for hydroxylation is 1. The highest BCUT2D eigenvalue weighted by atomic mass is 16.5. The third kappa shape index (κ3) is 2.49. The Labute approximate surface area is 119 Å². The molecule has 5 heteroatoms. The molecule has 0 spiro atoms.